The number of ether oxygens (including phenoxy) is 6. The zero-order valence-corrected chi connectivity index (χ0v) is 29.6. The number of hydrogen-bond acceptors (Lipinski definition) is 14. The maximum absolute atomic E-state index is 11.2. The molecule has 2 aliphatic carbocycles. The molecule has 0 unspecified atom stereocenters. The lowest BCUT2D eigenvalue weighted by molar-refractivity contribution is -0.151. The highest BCUT2D eigenvalue weighted by Crippen LogP contribution is 2.30. The Morgan fingerprint density at radius 3 is 1.51 bits per heavy atom. The second-order valence-corrected chi connectivity index (χ2v) is 10.7. The maximum Gasteiger partial charge on any atom is 0.308 e. The smallest absolute Gasteiger partial charge is 0.308 e. The Morgan fingerprint density at radius 1 is 0.694 bits per heavy atom. The molecule has 0 atom stereocenters. The first-order valence-electron chi connectivity index (χ1n) is 16.1. The van der Waals surface area contributed by atoms with E-state index in [1.165, 1.54) is 61.2 Å². The lowest BCUT2D eigenvalue weighted by Gasteiger charge is -2.24. The van der Waals surface area contributed by atoms with Crippen molar-refractivity contribution in [3.63, 3.8) is 0 Å². The molecule has 0 spiro atoms. The van der Waals surface area contributed by atoms with Crippen molar-refractivity contribution in [1.29, 1.82) is 5.26 Å². The van der Waals surface area contributed by atoms with Gasteiger partial charge in [0.1, 0.15) is 25.1 Å². The lowest BCUT2D eigenvalue weighted by atomic mass is 9.82. The summed E-state index contributed by atoms with van der Waals surface area (Å²) in [5.41, 5.74) is 0. The number of rotatable bonds is 8. The second-order valence-electron chi connectivity index (χ2n) is 10.7. The largest absolute Gasteiger partial charge is 0.469 e. The number of nitriles is 1. The molecule has 0 amide bonds. The van der Waals surface area contributed by atoms with Crippen LogP contribution < -0.4 is 4.74 Å². The Kier molecular flexibility index (Phi) is 29.3. The van der Waals surface area contributed by atoms with Gasteiger partial charge < -0.3 is 33.5 Å². The molecule has 2 saturated carbocycles. The zero-order chi connectivity index (χ0) is 37.5. The fourth-order valence-corrected chi connectivity index (χ4v) is 4.40. The summed E-state index contributed by atoms with van der Waals surface area (Å²) in [6.07, 6.45) is 9.30. The van der Waals surface area contributed by atoms with Crippen LogP contribution in [0.15, 0.2) is 30.3 Å². The molecule has 0 aliphatic heterocycles. The van der Waals surface area contributed by atoms with E-state index in [4.69, 9.17) is 19.8 Å². The Balaban J connectivity index is 0. The number of aliphatic hydroxyl groups is 1. The quantitative estimate of drug-likeness (QED) is 0.171. The van der Waals surface area contributed by atoms with Crippen molar-refractivity contribution in [3.8, 4) is 11.8 Å². The summed E-state index contributed by atoms with van der Waals surface area (Å²) >= 11 is 0. The number of methoxy groups -OCH3 is 2. The van der Waals surface area contributed by atoms with Crippen LogP contribution in [-0.4, -0.2) is 81.1 Å². The molecule has 49 heavy (non-hydrogen) atoms. The topological polar surface area (TPSA) is 202 Å². The first kappa shape index (κ1) is 46.6. The van der Waals surface area contributed by atoms with Gasteiger partial charge in [-0.05, 0) is 63.5 Å². The number of carbonyl (C=O) groups is 6. The molecule has 0 radical (unpaired) electrons. The average Bonchev–Trinajstić information content (AvgIpc) is 3.08. The van der Waals surface area contributed by atoms with Gasteiger partial charge in [-0.15, -0.1) is 0 Å². The van der Waals surface area contributed by atoms with Crippen molar-refractivity contribution >= 4 is 35.8 Å². The van der Waals surface area contributed by atoms with Crippen molar-refractivity contribution in [1.82, 2.24) is 0 Å². The van der Waals surface area contributed by atoms with E-state index in [0.29, 0.717) is 5.75 Å². The van der Waals surface area contributed by atoms with Gasteiger partial charge in [-0.1, -0.05) is 24.6 Å². The minimum atomic E-state index is -0.353. The van der Waals surface area contributed by atoms with Gasteiger partial charge in [-0.2, -0.15) is 5.26 Å². The Hall–Kier alpha value is -4.51. The number of nitrogens with zero attached hydrogens (tertiary/aromatic N) is 1. The summed E-state index contributed by atoms with van der Waals surface area (Å²) in [5.74, 6) is -0.883. The van der Waals surface area contributed by atoms with E-state index in [9.17, 15) is 28.8 Å². The summed E-state index contributed by atoms with van der Waals surface area (Å²) in [6, 6.07) is 10.8. The third-order valence-corrected chi connectivity index (χ3v) is 6.60. The zero-order valence-electron chi connectivity index (χ0n) is 29.6. The van der Waals surface area contributed by atoms with Crippen LogP contribution in [0.5, 0.6) is 5.75 Å². The van der Waals surface area contributed by atoms with E-state index in [2.05, 4.69) is 18.9 Å². The average molecular weight is 696 g/mol. The number of aliphatic hydroxyl groups excluding tert-OH is 1. The Labute approximate surface area is 289 Å². The molecule has 0 heterocycles. The molecule has 2 aliphatic rings. The monoisotopic (exact) mass is 695 g/mol. The van der Waals surface area contributed by atoms with Crippen molar-refractivity contribution in [3.05, 3.63) is 30.3 Å². The van der Waals surface area contributed by atoms with Crippen LogP contribution in [0, 0.1) is 23.2 Å². The Bertz CT molecular complexity index is 1100. The first-order chi connectivity index (χ1) is 23.3. The Morgan fingerprint density at radius 2 is 1.16 bits per heavy atom. The molecule has 0 aromatic heterocycles. The van der Waals surface area contributed by atoms with Gasteiger partial charge in [-0.25, -0.2) is 0 Å². The van der Waals surface area contributed by atoms with Gasteiger partial charge in [-0.3, -0.25) is 28.8 Å². The van der Waals surface area contributed by atoms with Crippen molar-refractivity contribution in [2.24, 2.45) is 11.8 Å². The summed E-state index contributed by atoms with van der Waals surface area (Å²) in [5, 5.41) is 16.0. The van der Waals surface area contributed by atoms with Crippen LogP contribution in [0.25, 0.3) is 0 Å². The fraction of sp³-hybridized carbons (Fsp3) is 0.629. The predicted octanol–water partition coefficient (Wildman–Crippen LogP) is 4.64. The van der Waals surface area contributed by atoms with Gasteiger partial charge in [0.15, 0.2) is 0 Å². The first-order valence-corrected chi connectivity index (χ1v) is 16.1. The molecule has 1 aromatic rings. The van der Waals surface area contributed by atoms with Gasteiger partial charge >= 0.3 is 35.8 Å². The van der Waals surface area contributed by atoms with Crippen LogP contribution in [0.4, 0.5) is 0 Å². The molecule has 3 rings (SSSR count). The molecule has 2 fully saturated rings. The molecule has 0 saturated heterocycles. The molecule has 276 valence electrons. The summed E-state index contributed by atoms with van der Waals surface area (Å²) in [6.45, 7) is 5.70. The van der Waals surface area contributed by atoms with Gasteiger partial charge in [0.2, 0.25) is 0 Å². The predicted molar refractivity (Wildman–Crippen MR) is 176 cm³/mol. The molecule has 1 N–H and O–H groups in total. The van der Waals surface area contributed by atoms with Crippen LogP contribution >= 0.6 is 0 Å². The second kappa shape index (κ2) is 30.8. The summed E-state index contributed by atoms with van der Waals surface area (Å²) < 4.78 is 27.9. The SMILES string of the molecule is CC(=O)OC1CCCCC1.CC(=O)OCCC#N.CC(=O)OCCO.CC(=O)Oc1ccccc1.COC(=O)C1CCC(C(=O)OC)CC1. The van der Waals surface area contributed by atoms with Gasteiger partial charge in [0.25, 0.3) is 0 Å². The fourth-order valence-electron chi connectivity index (χ4n) is 4.40. The number of esters is 6. The van der Waals surface area contributed by atoms with E-state index < -0.39 is 0 Å². The molecule has 14 heteroatoms. The van der Waals surface area contributed by atoms with Gasteiger partial charge in [0, 0.05) is 27.7 Å². The maximum atomic E-state index is 11.2. The minimum Gasteiger partial charge on any atom is -0.469 e. The minimum absolute atomic E-state index is 0.0269. The van der Waals surface area contributed by atoms with E-state index in [1.54, 1.807) is 12.1 Å². The highest BCUT2D eigenvalue weighted by Gasteiger charge is 2.30. The third kappa shape index (κ3) is 29.4. The van der Waals surface area contributed by atoms with E-state index in [-0.39, 0.29) is 80.0 Å². The highest BCUT2D eigenvalue weighted by molar-refractivity contribution is 5.75. The van der Waals surface area contributed by atoms with Crippen LogP contribution in [0.1, 0.15) is 91.9 Å². The molecular formula is C35H53NO13. The van der Waals surface area contributed by atoms with Gasteiger partial charge in [0.05, 0.1) is 45.2 Å². The van der Waals surface area contributed by atoms with Crippen LogP contribution in [0.2, 0.25) is 0 Å². The van der Waals surface area contributed by atoms with Crippen molar-refractivity contribution in [2.75, 3.05) is 34.0 Å². The molecule has 1 aromatic carbocycles. The standard InChI is InChI=1S/C10H16O4.C8H14O2.C8H8O2.C5H7NO2.C4H8O3/c1-13-9(11)7-3-5-8(6-4-7)10(12)14-2;2*1-7(9)10-8-5-3-2-4-6-8;1-5(7)8-4-2-3-6;1-4(6)7-3-2-5/h7-8H,3-6H2,1-2H3;8H,2-6H2,1H3;2-6H,1H3;2,4H2,1H3;5H,2-3H2,1H3. The normalized spacial score (nSPS) is 16.0. The number of hydrogen-bond donors (Lipinski definition) is 1. The third-order valence-electron chi connectivity index (χ3n) is 6.60. The van der Waals surface area contributed by atoms with E-state index in [0.717, 1.165) is 38.5 Å². The highest BCUT2D eigenvalue weighted by atomic mass is 16.6. The van der Waals surface area contributed by atoms with Crippen molar-refractivity contribution in [2.45, 2.75) is 98.0 Å². The summed E-state index contributed by atoms with van der Waals surface area (Å²) in [7, 11) is 2.80. The lowest BCUT2D eigenvalue weighted by Crippen LogP contribution is -2.27. The van der Waals surface area contributed by atoms with E-state index >= 15 is 0 Å². The van der Waals surface area contributed by atoms with Crippen LogP contribution in [0.3, 0.4) is 0 Å². The van der Waals surface area contributed by atoms with Crippen molar-refractivity contribution < 1.29 is 62.3 Å². The molecule has 0 bridgehead atoms. The molecule has 14 nitrogen and oxygen atoms in total. The van der Waals surface area contributed by atoms with Crippen LogP contribution in [-0.2, 0) is 52.5 Å². The molecular weight excluding hydrogens is 642 g/mol. The number of para-hydroxylation sites is 1. The van der Waals surface area contributed by atoms with E-state index in [1.807, 2.05) is 24.3 Å². The number of benzene rings is 1. The number of carbonyl (C=O) groups excluding carboxylic acids is 6. The summed E-state index contributed by atoms with van der Waals surface area (Å²) in [4.78, 5) is 63.1.